The van der Waals surface area contributed by atoms with Gasteiger partial charge < -0.3 is 15.1 Å². The minimum absolute atomic E-state index is 0.103. The highest BCUT2D eigenvalue weighted by molar-refractivity contribution is 9.10. The van der Waals surface area contributed by atoms with E-state index in [1.807, 2.05) is 48.8 Å². The molecule has 1 fully saturated rings. The molecule has 4 rings (SSSR count). The van der Waals surface area contributed by atoms with Gasteiger partial charge in [0, 0.05) is 60.0 Å². The maximum Gasteiger partial charge on any atom is 0.255 e. The van der Waals surface area contributed by atoms with E-state index in [1.54, 1.807) is 0 Å². The number of pyridine rings is 1. The maximum atomic E-state index is 12.6. The van der Waals surface area contributed by atoms with Gasteiger partial charge in [0.05, 0.1) is 5.69 Å². The Balaban J connectivity index is 1.51. The summed E-state index contributed by atoms with van der Waals surface area (Å²) >= 11 is 3.60. The van der Waals surface area contributed by atoms with Gasteiger partial charge in [0.25, 0.3) is 5.91 Å². The second-order valence-electron chi connectivity index (χ2n) is 7.07. The zero-order chi connectivity index (χ0) is 20.2. The lowest BCUT2D eigenvalue weighted by atomic mass is 10.1. The summed E-state index contributed by atoms with van der Waals surface area (Å²) in [4.78, 5) is 21.5. The van der Waals surface area contributed by atoms with Gasteiger partial charge in [-0.2, -0.15) is 0 Å². The van der Waals surface area contributed by atoms with Gasteiger partial charge in [-0.05, 0) is 64.8 Å². The van der Waals surface area contributed by atoms with E-state index in [9.17, 15) is 4.79 Å². The number of aromatic nitrogens is 1. The minimum Gasteiger partial charge on any atom is -0.368 e. The molecule has 29 heavy (non-hydrogen) atoms. The topological polar surface area (TPSA) is 48.5 Å². The highest BCUT2D eigenvalue weighted by Gasteiger charge is 2.21. The van der Waals surface area contributed by atoms with E-state index in [2.05, 4.69) is 61.2 Å². The number of nitrogens with one attached hydrogen (secondary N) is 1. The second-order valence-corrected chi connectivity index (χ2v) is 7.92. The molecule has 2 aromatic carbocycles. The maximum absolute atomic E-state index is 12.6. The SMILES string of the molecule is Cc1c(N2CCN(c3ccncc3)CC2)ccc(Br)c1NC(=O)c1ccccc1. The third kappa shape index (κ3) is 4.27. The predicted octanol–water partition coefficient (Wildman–Crippen LogP) is 4.73. The van der Waals surface area contributed by atoms with Gasteiger partial charge >= 0.3 is 0 Å². The summed E-state index contributed by atoms with van der Waals surface area (Å²) in [7, 11) is 0. The molecule has 1 aromatic heterocycles. The molecule has 3 aromatic rings. The largest absolute Gasteiger partial charge is 0.368 e. The Morgan fingerprint density at radius 1 is 0.931 bits per heavy atom. The highest BCUT2D eigenvalue weighted by Crippen LogP contribution is 2.34. The van der Waals surface area contributed by atoms with Crippen molar-refractivity contribution in [3.63, 3.8) is 0 Å². The quantitative estimate of drug-likeness (QED) is 0.623. The summed E-state index contributed by atoms with van der Waals surface area (Å²) < 4.78 is 0.887. The van der Waals surface area contributed by atoms with Gasteiger partial charge in [-0.25, -0.2) is 0 Å². The Kier molecular flexibility index (Phi) is 5.81. The number of hydrogen-bond acceptors (Lipinski definition) is 4. The third-order valence-electron chi connectivity index (χ3n) is 5.31. The molecule has 0 unspecified atom stereocenters. The number of nitrogens with zero attached hydrogens (tertiary/aromatic N) is 3. The van der Waals surface area contributed by atoms with Crippen LogP contribution in [0.1, 0.15) is 15.9 Å². The number of halogens is 1. The molecule has 1 aliphatic rings. The Bertz CT molecular complexity index is 987. The van der Waals surface area contributed by atoms with Crippen LogP contribution in [0.15, 0.2) is 71.5 Å². The van der Waals surface area contributed by atoms with Gasteiger partial charge in [-0.1, -0.05) is 18.2 Å². The molecule has 1 aliphatic heterocycles. The van der Waals surface area contributed by atoms with Crippen molar-refractivity contribution in [2.75, 3.05) is 41.3 Å². The summed E-state index contributed by atoms with van der Waals surface area (Å²) in [5.41, 5.74) is 4.91. The Labute approximate surface area is 179 Å². The van der Waals surface area contributed by atoms with Gasteiger partial charge in [0.1, 0.15) is 0 Å². The van der Waals surface area contributed by atoms with E-state index in [1.165, 1.54) is 5.69 Å². The molecule has 0 spiro atoms. The molecule has 0 radical (unpaired) electrons. The van der Waals surface area contributed by atoms with Gasteiger partial charge in [-0.15, -0.1) is 0 Å². The molecule has 0 atom stereocenters. The molecule has 0 saturated carbocycles. The highest BCUT2D eigenvalue weighted by atomic mass is 79.9. The van der Waals surface area contributed by atoms with Crippen molar-refractivity contribution >= 4 is 38.9 Å². The normalized spacial score (nSPS) is 14.0. The summed E-state index contributed by atoms with van der Waals surface area (Å²) in [6.07, 6.45) is 3.67. The van der Waals surface area contributed by atoms with Crippen LogP contribution in [0.4, 0.5) is 17.1 Å². The molecule has 1 saturated heterocycles. The van der Waals surface area contributed by atoms with Crippen molar-refractivity contribution in [1.29, 1.82) is 0 Å². The van der Waals surface area contributed by atoms with Crippen LogP contribution in [-0.4, -0.2) is 37.1 Å². The molecular formula is C23H23BrN4O. The van der Waals surface area contributed by atoms with Crippen molar-refractivity contribution in [2.45, 2.75) is 6.92 Å². The lowest BCUT2D eigenvalue weighted by Crippen LogP contribution is -2.46. The van der Waals surface area contributed by atoms with Crippen molar-refractivity contribution in [3.8, 4) is 0 Å². The van der Waals surface area contributed by atoms with E-state index in [0.29, 0.717) is 5.56 Å². The van der Waals surface area contributed by atoms with Crippen LogP contribution in [0.5, 0.6) is 0 Å². The average Bonchev–Trinajstić information content (AvgIpc) is 2.78. The van der Waals surface area contributed by atoms with Crippen molar-refractivity contribution in [2.24, 2.45) is 0 Å². The molecule has 1 amide bonds. The first-order chi connectivity index (χ1) is 14.1. The van der Waals surface area contributed by atoms with E-state index in [-0.39, 0.29) is 5.91 Å². The first kappa shape index (κ1) is 19.5. The van der Waals surface area contributed by atoms with E-state index in [0.717, 1.165) is 47.6 Å². The zero-order valence-corrected chi connectivity index (χ0v) is 17.9. The lowest BCUT2D eigenvalue weighted by Gasteiger charge is -2.38. The fourth-order valence-electron chi connectivity index (χ4n) is 3.70. The van der Waals surface area contributed by atoms with Crippen LogP contribution in [0.3, 0.4) is 0 Å². The van der Waals surface area contributed by atoms with E-state index in [4.69, 9.17) is 0 Å². The molecule has 0 aliphatic carbocycles. The number of piperazine rings is 1. The number of hydrogen-bond donors (Lipinski definition) is 1. The Hall–Kier alpha value is -2.86. The summed E-state index contributed by atoms with van der Waals surface area (Å²) in [6.45, 7) is 5.82. The fraction of sp³-hybridized carbons (Fsp3) is 0.217. The first-order valence-corrected chi connectivity index (χ1v) is 10.5. The van der Waals surface area contributed by atoms with Crippen molar-refractivity contribution in [3.05, 3.63) is 82.6 Å². The molecule has 6 heteroatoms. The molecule has 0 bridgehead atoms. The molecule has 5 nitrogen and oxygen atoms in total. The van der Waals surface area contributed by atoms with Crippen LogP contribution < -0.4 is 15.1 Å². The van der Waals surface area contributed by atoms with Crippen molar-refractivity contribution in [1.82, 2.24) is 4.98 Å². The Morgan fingerprint density at radius 3 is 2.28 bits per heavy atom. The van der Waals surface area contributed by atoms with Crippen LogP contribution >= 0.6 is 15.9 Å². The van der Waals surface area contributed by atoms with Gasteiger partial charge in [0.2, 0.25) is 0 Å². The first-order valence-electron chi connectivity index (χ1n) is 9.69. The standard InChI is InChI=1S/C23H23BrN4O/c1-17-21(28-15-13-27(14-16-28)19-9-11-25-12-10-19)8-7-20(24)22(17)26-23(29)18-5-3-2-4-6-18/h2-12H,13-16H2,1H3,(H,26,29). The van der Waals surface area contributed by atoms with Crippen LogP contribution in [-0.2, 0) is 0 Å². The number of rotatable bonds is 4. The summed E-state index contributed by atoms with van der Waals surface area (Å²) in [5.74, 6) is -0.103. The average molecular weight is 451 g/mol. The third-order valence-corrected chi connectivity index (χ3v) is 5.97. The number of carbonyl (C=O) groups is 1. The van der Waals surface area contributed by atoms with Crippen LogP contribution in [0.2, 0.25) is 0 Å². The van der Waals surface area contributed by atoms with Crippen molar-refractivity contribution < 1.29 is 4.79 Å². The molecule has 148 valence electrons. The van der Waals surface area contributed by atoms with Gasteiger partial charge in [0.15, 0.2) is 0 Å². The minimum atomic E-state index is -0.103. The van der Waals surface area contributed by atoms with Gasteiger partial charge in [-0.3, -0.25) is 9.78 Å². The number of carbonyl (C=O) groups excluding carboxylic acids is 1. The number of amides is 1. The van der Waals surface area contributed by atoms with Crippen LogP contribution in [0.25, 0.3) is 0 Å². The lowest BCUT2D eigenvalue weighted by molar-refractivity contribution is 0.102. The second kappa shape index (κ2) is 8.66. The molecular weight excluding hydrogens is 428 g/mol. The molecule has 2 heterocycles. The molecule has 1 N–H and O–H groups in total. The smallest absolute Gasteiger partial charge is 0.255 e. The number of anilines is 3. The summed E-state index contributed by atoms with van der Waals surface area (Å²) in [5, 5.41) is 3.08. The number of benzene rings is 2. The Morgan fingerprint density at radius 2 is 1.59 bits per heavy atom. The summed E-state index contributed by atoms with van der Waals surface area (Å²) in [6, 6.07) is 17.5. The van der Waals surface area contributed by atoms with E-state index < -0.39 is 0 Å². The predicted molar refractivity (Wildman–Crippen MR) is 122 cm³/mol. The monoisotopic (exact) mass is 450 g/mol. The fourth-order valence-corrected chi connectivity index (χ4v) is 4.23. The zero-order valence-electron chi connectivity index (χ0n) is 16.3. The van der Waals surface area contributed by atoms with E-state index >= 15 is 0 Å². The van der Waals surface area contributed by atoms with Crippen LogP contribution in [0, 0.1) is 6.92 Å².